The van der Waals surface area contributed by atoms with Crippen molar-refractivity contribution < 1.29 is 4.79 Å². The molecule has 0 saturated carbocycles. The number of carbonyl (C=O) groups excluding carboxylic acids is 1. The van der Waals surface area contributed by atoms with Crippen LogP contribution in [0.2, 0.25) is 0 Å². The molecule has 0 fully saturated rings. The van der Waals surface area contributed by atoms with E-state index in [4.69, 9.17) is 5.73 Å². The SMILES string of the molecule is Cl.NC(=O)C1=C2C=CN=C3C=CC=CC32SC1. The van der Waals surface area contributed by atoms with E-state index in [-0.39, 0.29) is 23.1 Å². The molecule has 0 radical (unpaired) electrons. The number of primary amides is 1. The normalized spacial score (nSPS) is 28.4. The minimum absolute atomic E-state index is 0. The summed E-state index contributed by atoms with van der Waals surface area (Å²) in [6, 6.07) is 0. The van der Waals surface area contributed by atoms with E-state index in [9.17, 15) is 4.79 Å². The number of hydrogen-bond acceptors (Lipinski definition) is 3. The number of thioether (sulfide) groups is 1. The highest BCUT2D eigenvalue weighted by Gasteiger charge is 2.45. The highest BCUT2D eigenvalue weighted by molar-refractivity contribution is 8.02. The molecule has 0 aromatic carbocycles. The molecule has 0 saturated heterocycles. The molecule has 3 aliphatic rings. The maximum atomic E-state index is 11.4. The molecule has 1 atom stereocenters. The van der Waals surface area contributed by atoms with Crippen LogP contribution in [0.3, 0.4) is 0 Å². The third kappa shape index (κ3) is 1.59. The van der Waals surface area contributed by atoms with Crippen LogP contribution in [0.15, 0.2) is 52.7 Å². The maximum absolute atomic E-state index is 11.4. The van der Waals surface area contributed by atoms with Crippen molar-refractivity contribution in [2.75, 3.05) is 5.75 Å². The van der Waals surface area contributed by atoms with Crippen molar-refractivity contribution in [1.82, 2.24) is 0 Å². The standard InChI is InChI=1S/C12H10N2OS.ClH/c13-11(15)8-7-16-12-5-2-1-3-10(12)14-6-4-9(8)12;/h1-6H,7H2,(H2,13,15);1H. The van der Waals surface area contributed by atoms with Crippen LogP contribution in [0.25, 0.3) is 0 Å². The largest absolute Gasteiger partial charge is 0.366 e. The molecule has 1 spiro atoms. The Morgan fingerprint density at radius 2 is 2.24 bits per heavy atom. The van der Waals surface area contributed by atoms with E-state index in [1.807, 2.05) is 24.3 Å². The average Bonchev–Trinajstić information content (AvgIpc) is 2.66. The van der Waals surface area contributed by atoms with Crippen LogP contribution < -0.4 is 5.73 Å². The van der Waals surface area contributed by atoms with E-state index in [0.717, 1.165) is 11.3 Å². The lowest BCUT2D eigenvalue weighted by Gasteiger charge is -2.30. The van der Waals surface area contributed by atoms with Gasteiger partial charge < -0.3 is 5.73 Å². The summed E-state index contributed by atoms with van der Waals surface area (Å²) in [7, 11) is 0. The molecule has 3 nitrogen and oxygen atoms in total. The minimum Gasteiger partial charge on any atom is -0.366 e. The van der Waals surface area contributed by atoms with Gasteiger partial charge in [-0.15, -0.1) is 24.2 Å². The van der Waals surface area contributed by atoms with Gasteiger partial charge in [0.1, 0.15) is 4.75 Å². The topological polar surface area (TPSA) is 55.5 Å². The number of rotatable bonds is 1. The van der Waals surface area contributed by atoms with Gasteiger partial charge in [-0.3, -0.25) is 9.79 Å². The third-order valence-electron chi connectivity index (χ3n) is 3.00. The monoisotopic (exact) mass is 266 g/mol. The van der Waals surface area contributed by atoms with Crippen LogP contribution in [0, 0.1) is 0 Å². The second-order valence-corrected chi connectivity index (χ2v) is 5.05. The quantitative estimate of drug-likeness (QED) is 0.786. The lowest BCUT2D eigenvalue weighted by molar-refractivity contribution is -0.114. The van der Waals surface area contributed by atoms with E-state index in [2.05, 4.69) is 11.1 Å². The molecule has 2 aliphatic heterocycles. The average molecular weight is 267 g/mol. The fraction of sp³-hybridized carbons (Fsp3) is 0.167. The smallest absolute Gasteiger partial charge is 0.245 e. The summed E-state index contributed by atoms with van der Waals surface area (Å²) >= 11 is 1.70. The first kappa shape index (κ1) is 12.2. The molecule has 5 heteroatoms. The number of halogens is 1. The molecule has 2 N–H and O–H groups in total. The van der Waals surface area contributed by atoms with Gasteiger partial charge in [0.2, 0.25) is 5.91 Å². The molecule has 3 rings (SSSR count). The first-order chi connectivity index (χ1) is 7.74. The van der Waals surface area contributed by atoms with Gasteiger partial charge in [-0.25, -0.2) is 0 Å². The Labute approximate surface area is 110 Å². The van der Waals surface area contributed by atoms with Gasteiger partial charge in [0, 0.05) is 17.5 Å². The van der Waals surface area contributed by atoms with Gasteiger partial charge in [-0.2, -0.15) is 0 Å². The van der Waals surface area contributed by atoms with Crippen molar-refractivity contribution in [3.05, 3.63) is 47.7 Å². The summed E-state index contributed by atoms with van der Waals surface area (Å²) in [5, 5.41) is 0. The predicted octanol–water partition coefficient (Wildman–Crippen LogP) is 1.77. The summed E-state index contributed by atoms with van der Waals surface area (Å²) in [6.07, 6.45) is 11.7. The fourth-order valence-electron chi connectivity index (χ4n) is 2.22. The zero-order valence-corrected chi connectivity index (χ0v) is 10.6. The molecular formula is C12H11ClN2OS. The molecule has 88 valence electrons. The molecular weight excluding hydrogens is 256 g/mol. The number of nitrogens with zero attached hydrogens (tertiary/aromatic N) is 1. The van der Waals surface area contributed by atoms with Crippen LogP contribution in [-0.2, 0) is 4.79 Å². The highest BCUT2D eigenvalue weighted by Crippen LogP contribution is 2.48. The van der Waals surface area contributed by atoms with Gasteiger partial charge in [-0.05, 0) is 17.7 Å². The van der Waals surface area contributed by atoms with E-state index in [1.54, 1.807) is 18.0 Å². The van der Waals surface area contributed by atoms with Crippen LogP contribution in [0.1, 0.15) is 0 Å². The lowest BCUT2D eigenvalue weighted by atomic mass is 9.85. The van der Waals surface area contributed by atoms with Crippen molar-refractivity contribution in [3.63, 3.8) is 0 Å². The Kier molecular flexibility index (Phi) is 3.02. The van der Waals surface area contributed by atoms with E-state index in [0.29, 0.717) is 11.3 Å². The molecule has 1 aliphatic carbocycles. The highest BCUT2D eigenvalue weighted by atomic mass is 35.5. The van der Waals surface area contributed by atoms with Crippen LogP contribution >= 0.6 is 24.2 Å². The van der Waals surface area contributed by atoms with Crippen molar-refractivity contribution >= 4 is 35.8 Å². The zero-order chi connectivity index (χ0) is 11.2. The van der Waals surface area contributed by atoms with Crippen molar-refractivity contribution in [2.24, 2.45) is 10.7 Å². The first-order valence-electron chi connectivity index (χ1n) is 5.02. The Balaban J connectivity index is 0.00000108. The van der Waals surface area contributed by atoms with E-state index in [1.165, 1.54) is 0 Å². The zero-order valence-electron chi connectivity index (χ0n) is 8.92. The molecule has 1 amide bonds. The number of amides is 1. The Morgan fingerprint density at radius 3 is 3.00 bits per heavy atom. The van der Waals surface area contributed by atoms with E-state index >= 15 is 0 Å². The summed E-state index contributed by atoms with van der Waals surface area (Å²) < 4.78 is -0.270. The van der Waals surface area contributed by atoms with Crippen molar-refractivity contribution in [2.45, 2.75) is 4.75 Å². The molecule has 0 aromatic rings. The first-order valence-corrected chi connectivity index (χ1v) is 6.01. The second-order valence-electron chi connectivity index (χ2n) is 3.83. The van der Waals surface area contributed by atoms with Gasteiger partial charge in [0.05, 0.1) is 5.71 Å². The number of nitrogens with two attached hydrogens (primary N) is 1. The van der Waals surface area contributed by atoms with Gasteiger partial charge in [0.15, 0.2) is 0 Å². The molecule has 2 heterocycles. The van der Waals surface area contributed by atoms with Gasteiger partial charge in [0.25, 0.3) is 0 Å². The van der Waals surface area contributed by atoms with Gasteiger partial charge >= 0.3 is 0 Å². The third-order valence-corrected chi connectivity index (χ3v) is 4.45. The Bertz CT molecular complexity index is 531. The number of allylic oxidation sites excluding steroid dienone is 4. The number of hydrogen-bond donors (Lipinski definition) is 1. The molecule has 1 unspecified atom stereocenters. The molecule has 0 aromatic heterocycles. The minimum atomic E-state index is -0.326. The maximum Gasteiger partial charge on any atom is 0.245 e. The summed E-state index contributed by atoms with van der Waals surface area (Å²) in [5.41, 5.74) is 8.09. The summed E-state index contributed by atoms with van der Waals surface area (Å²) in [5.74, 6) is 0.333. The Hall–Kier alpha value is -1.26. The van der Waals surface area contributed by atoms with Crippen molar-refractivity contribution in [3.8, 4) is 0 Å². The molecule has 17 heavy (non-hydrogen) atoms. The van der Waals surface area contributed by atoms with Gasteiger partial charge in [-0.1, -0.05) is 18.2 Å². The number of aliphatic imine (C=N–C) groups is 1. The lowest BCUT2D eigenvalue weighted by Crippen LogP contribution is -2.34. The van der Waals surface area contributed by atoms with Crippen molar-refractivity contribution in [1.29, 1.82) is 0 Å². The summed E-state index contributed by atoms with van der Waals surface area (Å²) in [4.78, 5) is 15.7. The Morgan fingerprint density at radius 1 is 1.41 bits per heavy atom. The van der Waals surface area contributed by atoms with Crippen LogP contribution in [0.4, 0.5) is 0 Å². The van der Waals surface area contributed by atoms with Crippen LogP contribution in [-0.4, -0.2) is 22.1 Å². The van der Waals surface area contributed by atoms with Crippen LogP contribution in [0.5, 0.6) is 0 Å². The van der Waals surface area contributed by atoms with E-state index < -0.39 is 0 Å². The number of carbonyl (C=O) groups is 1. The second kappa shape index (κ2) is 4.20. The summed E-state index contributed by atoms with van der Waals surface area (Å²) in [6.45, 7) is 0. The fourth-order valence-corrected chi connectivity index (χ4v) is 3.68. The predicted molar refractivity (Wildman–Crippen MR) is 73.5 cm³/mol. The molecule has 0 bridgehead atoms.